The van der Waals surface area contributed by atoms with Crippen molar-refractivity contribution in [3.8, 4) is 11.8 Å². The number of hydrogen-bond acceptors (Lipinski definition) is 9. The molecule has 2 aliphatic heterocycles. The van der Waals surface area contributed by atoms with E-state index in [9.17, 15) is 13.2 Å². The average molecular weight is 575 g/mol. The number of fused-ring (bicyclic) bond motifs is 1. The molecule has 0 bridgehead atoms. The van der Waals surface area contributed by atoms with Gasteiger partial charge < -0.3 is 19.3 Å². The first-order valence-corrected chi connectivity index (χ1v) is 15.1. The summed E-state index contributed by atoms with van der Waals surface area (Å²) >= 11 is 0. The highest BCUT2D eigenvalue weighted by Crippen LogP contribution is 2.36. The van der Waals surface area contributed by atoms with Crippen molar-refractivity contribution >= 4 is 32.7 Å². The zero-order valence-corrected chi connectivity index (χ0v) is 24.2. The number of piperidine rings is 1. The Morgan fingerprint density at radius 1 is 1.07 bits per heavy atom. The van der Waals surface area contributed by atoms with Crippen LogP contribution in [0.4, 0.5) is 15.0 Å². The van der Waals surface area contributed by atoms with Gasteiger partial charge in [-0.25, -0.2) is 22.3 Å². The van der Waals surface area contributed by atoms with Crippen molar-refractivity contribution in [3.05, 3.63) is 35.5 Å². The number of likely N-dealkylation sites (tertiary alicyclic amines) is 1. The monoisotopic (exact) mass is 574 g/mol. The van der Waals surface area contributed by atoms with Gasteiger partial charge in [0.05, 0.1) is 36.9 Å². The molecule has 1 aromatic carbocycles. The molecule has 11 nitrogen and oxygen atoms in total. The van der Waals surface area contributed by atoms with E-state index < -0.39 is 33.6 Å². The smallest absolute Gasteiger partial charge is 0.410 e. The number of amides is 1. The highest BCUT2D eigenvalue weighted by molar-refractivity contribution is 7.91. The van der Waals surface area contributed by atoms with Crippen LogP contribution in [-0.4, -0.2) is 95.7 Å². The number of aromatic nitrogens is 4. The third-order valence-electron chi connectivity index (χ3n) is 7.29. The second kappa shape index (κ2) is 10.5. The molecule has 2 fully saturated rings. The molecular formula is C27H35FN6O5S. The van der Waals surface area contributed by atoms with Crippen LogP contribution in [0.2, 0.25) is 0 Å². The van der Waals surface area contributed by atoms with Gasteiger partial charge >= 0.3 is 12.1 Å². The van der Waals surface area contributed by atoms with E-state index in [2.05, 4.69) is 15.1 Å². The quantitative estimate of drug-likeness (QED) is 0.462. The van der Waals surface area contributed by atoms with E-state index in [4.69, 9.17) is 9.47 Å². The van der Waals surface area contributed by atoms with Crippen LogP contribution in [0.5, 0.6) is 6.01 Å². The number of rotatable bonds is 4. The molecule has 216 valence electrons. The Kier molecular flexibility index (Phi) is 7.36. The number of carbonyl (C=O) groups is 1. The van der Waals surface area contributed by atoms with Crippen molar-refractivity contribution < 1.29 is 27.1 Å². The summed E-state index contributed by atoms with van der Waals surface area (Å²) in [6.45, 7) is 8.34. The van der Waals surface area contributed by atoms with Crippen LogP contribution in [0.15, 0.2) is 24.4 Å². The fourth-order valence-electron chi connectivity index (χ4n) is 5.24. The van der Waals surface area contributed by atoms with E-state index >= 15 is 4.39 Å². The van der Waals surface area contributed by atoms with Crippen LogP contribution in [0, 0.1) is 6.92 Å². The summed E-state index contributed by atoms with van der Waals surface area (Å²) in [5.41, 5.74) is 1.90. The molecule has 40 heavy (non-hydrogen) atoms. The van der Waals surface area contributed by atoms with E-state index in [0.29, 0.717) is 37.7 Å². The van der Waals surface area contributed by atoms with E-state index in [1.165, 1.54) is 12.0 Å². The van der Waals surface area contributed by atoms with E-state index in [1.807, 2.05) is 24.0 Å². The normalized spacial score (nSPS) is 21.4. The SMILES string of the molecule is COc1nc(N2CCS(=O)(=O)CC2)cc(-n2ncc3cc(C)c(C4CCN(C(=O)OC(C)(C)C)CC4F)cc32)n1. The number of benzene rings is 1. The van der Waals surface area contributed by atoms with Gasteiger partial charge in [0.2, 0.25) is 0 Å². The third kappa shape index (κ3) is 5.84. The van der Waals surface area contributed by atoms with Crippen LogP contribution in [0.25, 0.3) is 16.7 Å². The Morgan fingerprint density at radius 2 is 1.77 bits per heavy atom. The molecule has 13 heteroatoms. The van der Waals surface area contributed by atoms with Crippen molar-refractivity contribution in [2.45, 2.75) is 51.8 Å². The van der Waals surface area contributed by atoms with Crippen LogP contribution < -0.4 is 9.64 Å². The lowest BCUT2D eigenvalue weighted by Gasteiger charge is -2.36. The van der Waals surface area contributed by atoms with E-state index in [0.717, 1.165) is 22.0 Å². The summed E-state index contributed by atoms with van der Waals surface area (Å²) in [7, 11) is -1.59. The van der Waals surface area contributed by atoms with Gasteiger partial charge in [0, 0.05) is 37.0 Å². The maximum atomic E-state index is 15.6. The largest absolute Gasteiger partial charge is 0.467 e. The van der Waals surface area contributed by atoms with Gasteiger partial charge in [-0.1, -0.05) is 0 Å². The zero-order chi connectivity index (χ0) is 28.8. The molecule has 5 rings (SSSR count). The minimum absolute atomic E-state index is 0.0334. The van der Waals surface area contributed by atoms with Gasteiger partial charge in [-0.15, -0.1) is 0 Å². The molecular weight excluding hydrogens is 539 g/mol. The molecule has 2 aliphatic rings. The van der Waals surface area contributed by atoms with Gasteiger partial charge in [-0.05, 0) is 57.4 Å². The van der Waals surface area contributed by atoms with Crippen molar-refractivity contribution in [3.63, 3.8) is 0 Å². The van der Waals surface area contributed by atoms with Gasteiger partial charge in [-0.3, -0.25) is 0 Å². The molecule has 0 aliphatic carbocycles. The maximum absolute atomic E-state index is 15.6. The molecule has 4 heterocycles. The van der Waals surface area contributed by atoms with Crippen LogP contribution in [-0.2, 0) is 14.6 Å². The lowest BCUT2D eigenvalue weighted by Crippen LogP contribution is -2.46. The minimum Gasteiger partial charge on any atom is -0.467 e. The highest BCUT2D eigenvalue weighted by Gasteiger charge is 2.35. The summed E-state index contributed by atoms with van der Waals surface area (Å²) in [6, 6.07) is 5.81. The fraction of sp³-hybridized carbons (Fsp3) is 0.556. The Bertz CT molecular complexity index is 1520. The highest BCUT2D eigenvalue weighted by atomic mass is 32.2. The Balaban J connectivity index is 1.45. The Morgan fingerprint density at radius 3 is 2.42 bits per heavy atom. The van der Waals surface area contributed by atoms with Crippen molar-refractivity contribution in [1.29, 1.82) is 0 Å². The number of carbonyl (C=O) groups excluding carboxylic acids is 1. The summed E-state index contributed by atoms with van der Waals surface area (Å²) in [4.78, 5) is 24.8. The lowest BCUT2D eigenvalue weighted by molar-refractivity contribution is 0.0111. The Hall–Kier alpha value is -3.48. The van der Waals surface area contributed by atoms with Crippen molar-refractivity contribution in [2.75, 3.05) is 49.7 Å². The van der Waals surface area contributed by atoms with E-state index in [1.54, 1.807) is 37.7 Å². The number of anilines is 1. The Labute approximate surface area is 233 Å². The molecule has 1 amide bonds. The van der Waals surface area contributed by atoms with Crippen LogP contribution in [0.1, 0.15) is 44.2 Å². The third-order valence-corrected chi connectivity index (χ3v) is 8.90. The fourth-order valence-corrected chi connectivity index (χ4v) is 6.44. The minimum atomic E-state index is -3.06. The number of sulfone groups is 1. The zero-order valence-electron chi connectivity index (χ0n) is 23.4. The summed E-state index contributed by atoms with van der Waals surface area (Å²) in [6.07, 6.45) is 0.435. The predicted octanol–water partition coefficient (Wildman–Crippen LogP) is 3.43. The second-order valence-electron chi connectivity index (χ2n) is 11.4. The first-order chi connectivity index (χ1) is 18.8. The summed E-state index contributed by atoms with van der Waals surface area (Å²) in [5.74, 6) is 0.720. The molecule has 0 saturated carbocycles. The molecule has 0 spiro atoms. The number of alkyl halides is 1. The predicted molar refractivity (Wildman–Crippen MR) is 149 cm³/mol. The first-order valence-electron chi connectivity index (χ1n) is 13.3. The van der Waals surface area contributed by atoms with Crippen LogP contribution >= 0.6 is 0 Å². The van der Waals surface area contributed by atoms with Gasteiger partial charge in [0.25, 0.3) is 0 Å². The lowest BCUT2D eigenvalue weighted by atomic mass is 9.85. The van der Waals surface area contributed by atoms with Gasteiger partial charge in [0.1, 0.15) is 17.6 Å². The standard InChI is InChI=1S/C27H35FN6O5S/c1-17-12-18-15-29-34(24-14-23(30-25(31-24)38-5)32-8-10-40(36,37)11-9-32)22(18)13-20(17)19-6-7-33(16-21(19)28)26(35)39-27(2,3)4/h12-15,19,21H,6-11,16H2,1-5H3. The first kappa shape index (κ1) is 28.1. The molecule has 2 unspecified atom stereocenters. The molecule has 0 radical (unpaired) electrons. The number of nitrogens with zero attached hydrogens (tertiary/aromatic N) is 6. The molecule has 2 aromatic heterocycles. The van der Waals surface area contributed by atoms with Crippen LogP contribution in [0.3, 0.4) is 0 Å². The maximum Gasteiger partial charge on any atom is 0.410 e. The number of hydrogen-bond donors (Lipinski definition) is 0. The molecule has 0 N–H and O–H groups in total. The molecule has 2 saturated heterocycles. The molecule has 3 aromatic rings. The number of ether oxygens (including phenoxy) is 2. The number of halogens is 1. The average Bonchev–Trinajstić information content (AvgIpc) is 3.29. The van der Waals surface area contributed by atoms with E-state index in [-0.39, 0.29) is 24.1 Å². The van der Waals surface area contributed by atoms with Crippen molar-refractivity contribution in [1.82, 2.24) is 24.6 Å². The molecule has 2 atom stereocenters. The second-order valence-corrected chi connectivity index (χ2v) is 13.7. The van der Waals surface area contributed by atoms with Crippen molar-refractivity contribution in [2.24, 2.45) is 0 Å². The number of methoxy groups -OCH3 is 1. The van der Waals surface area contributed by atoms with Gasteiger partial charge in [-0.2, -0.15) is 15.1 Å². The van der Waals surface area contributed by atoms with Gasteiger partial charge in [0.15, 0.2) is 15.7 Å². The topological polar surface area (TPSA) is 120 Å². The summed E-state index contributed by atoms with van der Waals surface area (Å²) in [5, 5.41) is 5.43. The summed E-state index contributed by atoms with van der Waals surface area (Å²) < 4.78 is 51.8. The number of aryl methyl sites for hydroxylation is 1.